The van der Waals surface area contributed by atoms with Crippen LogP contribution in [0.25, 0.3) is 0 Å². The van der Waals surface area contributed by atoms with Crippen LogP contribution in [-0.4, -0.2) is 48.5 Å². The van der Waals surface area contributed by atoms with Gasteiger partial charge in [-0.3, -0.25) is 0 Å². The number of hydrogen-bond acceptors (Lipinski definition) is 5. The summed E-state index contributed by atoms with van der Waals surface area (Å²) in [5.41, 5.74) is -0.216. The lowest BCUT2D eigenvalue weighted by molar-refractivity contribution is -0.106. The van der Waals surface area contributed by atoms with Gasteiger partial charge in [0.25, 0.3) is 0 Å². The topological polar surface area (TPSA) is 47.5 Å². The molecule has 100 valence electrons. The van der Waals surface area contributed by atoms with Crippen LogP contribution in [0.15, 0.2) is 17.0 Å². The van der Waals surface area contributed by atoms with Crippen LogP contribution < -0.4 is 4.90 Å². The molecule has 0 N–H and O–H groups in total. The van der Waals surface area contributed by atoms with E-state index in [0.29, 0.717) is 6.61 Å². The van der Waals surface area contributed by atoms with Gasteiger partial charge in [0.1, 0.15) is 12.1 Å². The standard InChI is InChI=1S/C12H18BrN3O2/c1-12(2)7-16(5-9(18-12)6-17-3)11-10(13)4-14-8-15-11/h4,8-9H,5-7H2,1-3H3/t9-/m1/s1. The third-order valence-corrected chi connectivity index (χ3v) is 3.34. The summed E-state index contributed by atoms with van der Waals surface area (Å²) in [5.74, 6) is 0.905. The first-order valence-corrected chi connectivity index (χ1v) is 6.68. The smallest absolute Gasteiger partial charge is 0.146 e. The maximum Gasteiger partial charge on any atom is 0.146 e. The summed E-state index contributed by atoms with van der Waals surface area (Å²) in [6.45, 7) is 6.31. The van der Waals surface area contributed by atoms with Crippen molar-refractivity contribution in [3.63, 3.8) is 0 Å². The average Bonchev–Trinajstić information content (AvgIpc) is 2.27. The van der Waals surface area contributed by atoms with Crippen molar-refractivity contribution in [1.29, 1.82) is 0 Å². The van der Waals surface area contributed by atoms with Crippen molar-refractivity contribution in [1.82, 2.24) is 9.97 Å². The van der Waals surface area contributed by atoms with Gasteiger partial charge in [-0.2, -0.15) is 0 Å². The number of methoxy groups -OCH3 is 1. The number of morpholine rings is 1. The Bertz CT molecular complexity index is 414. The zero-order valence-corrected chi connectivity index (χ0v) is 12.5. The Morgan fingerprint density at radius 2 is 2.39 bits per heavy atom. The van der Waals surface area contributed by atoms with Gasteiger partial charge in [-0.25, -0.2) is 9.97 Å². The summed E-state index contributed by atoms with van der Waals surface area (Å²) in [6, 6.07) is 0. The minimum atomic E-state index is -0.216. The molecule has 1 atom stereocenters. The Labute approximate surface area is 116 Å². The van der Waals surface area contributed by atoms with E-state index in [-0.39, 0.29) is 11.7 Å². The van der Waals surface area contributed by atoms with Gasteiger partial charge in [0, 0.05) is 26.4 Å². The Hall–Kier alpha value is -0.720. The number of ether oxygens (including phenoxy) is 2. The van der Waals surface area contributed by atoms with Crippen molar-refractivity contribution in [3.05, 3.63) is 17.0 Å². The Morgan fingerprint density at radius 3 is 3.06 bits per heavy atom. The van der Waals surface area contributed by atoms with Crippen molar-refractivity contribution in [2.24, 2.45) is 0 Å². The van der Waals surface area contributed by atoms with Crippen molar-refractivity contribution in [3.8, 4) is 0 Å². The summed E-state index contributed by atoms with van der Waals surface area (Å²) < 4.78 is 12.1. The molecule has 1 aliphatic heterocycles. The fourth-order valence-electron chi connectivity index (χ4n) is 2.27. The molecule has 0 amide bonds. The van der Waals surface area contributed by atoms with E-state index in [0.717, 1.165) is 23.4 Å². The van der Waals surface area contributed by atoms with E-state index in [1.165, 1.54) is 0 Å². The van der Waals surface area contributed by atoms with Crippen LogP contribution in [0, 0.1) is 0 Å². The first-order valence-electron chi connectivity index (χ1n) is 5.89. The monoisotopic (exact) mass is 315 g/mol. The molecule has 6 heteroatoms. The predicted molar refractivity (Wildman–Crippen MR) is 72.8 cm³/mol. The molecule has 2 rings (SSSR count). The normalized spacial score (nSPS) is 23.1. The summed E-state index contributed by atoms with van der Waals surface area (Å²) >= 11 is 3.49. The van der Waals surface area contributed by atoms with Crippen LogP contribution in [0.5, 0.6) is 0 Å². The van der Waals surface area contributed by atoms with E-state index in [9.17, 15) is 0 Å². The second-order valence-corrected chi connectivity index (χ2v) is 5.88. The van der Waals surface area contributed by atoms with Gasteiger partial charge in [0.2, 0.25) is 0 Å². The number of halogens is 1. The van der Waals surface area contributed by atoms with Gasteiger partial charge < -0.3 is 14.4 Å². The zero-order chi connectivity index (χ0) is 13.2. The third-order valence-electron chi connectivity index (χ3n) is 2.78. The first-order chi connectivity index (χ1) is 8.52. The van der Waals surface area contributed by atoms with E-state index in [1.54, 1.807) is 19.6 Å². The molecule has 1 aliphatic rings. The summed E-state index contributed by atoms with van der Waals surface area (Å²) in [6.07, 6.45) is 3.38. The molecule has 1 fully saturated rings. The van der Waals surface area contributed by atoms with Gasteiger partial charge >= 0.3 is 0 Å². The molecule has 1 saturated heterocycles. The average molecular weight is 316 g/mol. The van der Waals surface area contributed by atoms with Gasteiger partial charge in [-0.05, 0) is 29.8 Å². The fraction of sp³-hybridized carbons (Fsp3) is 0.667. The van der Waals surface area contributed by atoms with Crippen LogP contribution in [0.2, 0.25) is 0 Å². The summed E-state index contributed by atoms with van der Waals surface area (Å²) in [4.78, 5) is 10.5. The molecule has 18 heavy (non-hydrogen) atoms. The Balaban J connectivity index is 2.20. The van der Waals surface area contributed by atoms with Crippen LogP contribution >= 0.6 is 15.9 Å². The van der Waals surface area contributed by atoms with Crippen molar-refractivity contribution in [2.45, 2.75) is 25.6 Å². The van der Waals surface area contributed by atoms with Gasteiger partial charge in [0.15, 0.2) is 0 Å². The molecule has 0 bridgehead atoms. The lowest BCUT2D eigenvalue weighted by Crippen LogP contribution is -2.54. The Morgan fingerprint density at radius 1 is 1.61 bits per heavy atom. The van der Waals surface area contributed by atoms with Crippen molar-refractivity contribution < 1.29 is 9.47 Å². The van der Waals surface area contributed by atoms with E-state index in [2.05, 4.69) is 44.6 Å². The van der Waals surface area contributed by atoms with Crippen LogP contribution in [0.4, 0.5) is 5.82 Å². The molecule has 1 aromatic heterocycles. The van der Waals surface area contributed by atoms with Crippen LogP contribution in [-0.2, 0) is 9.47 Å². The summed E-state index contributed by atoms with van der Waals surface area (Å²) in [5, 5.41) is 0. The van der Waals surface area contributed by atoms with Gasteiger partial charge in [-0.1, -0.05) is 0 Å². The molecule has 0 radical (unpaired) electrons. The van der Waals surface area contributed by atoms with Gasteiger partial charge in [0.05, 0.1) is 22.8 Å². The second kappa shape index (κ2) is 5.50. The molecule has 5 nitrogen and oxygen atoms in total. The van der Waals surface area contributed by atoms with E-state index >= 15 is 0 Å². The lowest BCUT2D eigenvalue weighted by atomic mass is 10.1. The highest BCUT2D eigenvalue weighted by Gasteiger charge is 2.34. The molecule has 0 aliphatic carbocycles. The fourth-order valence-corrected chi connectivity index (χ4v) is 2.74. The predicted octanol–water partition coefficient (Wildman–Crippen LogP) is 1.87. The second-order valence-electron chi connectivity index (χ2n) is 5.03. The lowest BCUT2D eigenvalue weighted by Gasteiger charge is -2.43. The minimum Gasteiger partial charge on any atom is -0.382 e. The van der Waals surface area contributed by atoms with Gasteiger partial charge in [-0.15, -0.1) is 0 Å². The molecule has 2 heterocycles. The van der Waals surface area contributed by atoms with E-state index in [1.807, 2.05) is 0 Å². The van der Waals surface area contributed by atoms with Crippen molar-refractivity contribution in [2.75, 3.05) is 31.7 Å². The number of nitrogens with zero attached hydrogens (tertiary/aromatic N) is 3. The first kappa shape index (κ1) is 13.7. The molecule has 1 aromatic rings. The number of rotatable bonds is 3. The SMILES string of the molecule is COC[C@H]1CN(c2ncncc2Br)CC(C)(C)O1. The number of anilines is 1. The van der Waals surface area contributed by atoms with Crippen LogP contribution in [0.1, 0.15) is 13.8 Å². The quantitative estimate of drug-likeness (QED) is 0.852. The molecule has 0 saturated carbocycles. The maximum absolute atomic E-state index is 5.98. The maximum atomic E-state index is 5.98. The molecule has 0 spiro atoms. The molecule has 0 aromatic carbocycles. The highest BCUT2D eigenvalue weighted by atomic mass is 79.9. The summed E-state index contributed by atoms with van der Waals surface area (Å²) in [7, 11) is 1.69. The van der Waals surface area contributed by atoms with E-state index < -0.39 is 0 Å². The molecule has 0 unspecified atom stereocenters. The Kier molecular flexibility index (Phi) is 4.19. The highest BCUT2D eigenvalue weighted by Crippen LogP contribution is 2.29. The highest BCUT2D eigenvalue weighted by molar-refractivity contribution is 9.10. The largest absolute Gasteiger partial charge is 0.382 e. The van der Waals surface area contributed by atoms with E-state index in [4.69, 9.17) is 9.47 Å². The molecular formula is C12H18BrN3O2. The van der Waals surface area contributed by atoms with Crippen LogP contribution in [0.3, 0.4) is 0 Å². The zero-order valence-electron chi connectivity index (χ0n) is 10.9. The number of hydrogen-bond donors (Lipinski definition) is 0. The van der Waals surface area contributed by atoms with Crippen molar-refractivity contribution >= 4 is 21.7 Å². The number of aromatic nitrogens is 2. The third kappa shape index (κ3) is 3.18. The minimum absolute atomic E-state index is 0.0561. The molecular weight excluding hydrogens is 298 g/mol.